The van der Waals surface area contributed by atoms with Crippen molar-refractivity contribution in [1.82, 2.24) is 10.3 Å². The molecule has 1 amide bonds. The second-order valence-electron chi connectivity index (χ2n) is 3.43. The summed E-state index contributed by atoms with van der Waals surface area (Å²) in [5.74, 6) is 0.216. The van der Waals surface area contributed by atoms with Gasteiger partial charge in [0.15, 0.2) is 6.10 Å². The summed E-state index contributed by atoms with van der Waals surface area (Å²) in [6.45, 7) is 3.25. The Hall–Kier alpha value is -1.62. The molecule has 2 N–H and O–H groups in total. The third kappa shape index (κ3) is 2.93. The number of carbonyl (C=O) groups is 1. The second-order valence-corrected chi connectivity index (χ2v) is 3.43. The van der Waals surface area contributed by atoms with Crippen LogP contribution in [0.1, 0.15) is 18.3 Å². The largest absolute Gasteiger partial charge is 0.479 e. The number of nitrogens with one attached hydrogen (secondary N) is 1. The highest BCUT2D eigenvalue weighted by Gasteiger charge is 2.15. The summed E-state index contributed by atoms with van der Waals surface area (Å²) in [6.07, 6.45) is -0.611. The number of aryl methyl sites for hydroxylation is 1. The molecule has 0 aromatic carbocycles. The van der Waals surface area contributed by atoms with Crippen LogP contribution in [-0.4, -0.2) is 29.1 Å². The normalized spacial score (nSPS) is 12.0. The molecule has 5 nitrogen and oxygen atoms in total. The molecule has 0 aliphatic heterocycles. The Morgan fingerprint density at radius 3 is 2.88 bits per heavy atom. The van der Waals surface area contributed by atoms with Crippen LogP contribution >= 0.6 is 0 Å². The van der Waals surface area contributed by atoms with Gasteiger partial charge in [-0.25, -0.2) is 0 Å². The third-order valence-electron chi connectivity index (χ3n) is 2.14. The molecule has 0 spiro atoms. The van der Waals surface area contributed by atoms with Gasteiger partial charge in [-0.2, -0.15) is 0 Å². The van der Waals surface area contributed by atoms with Crippen molar-refractivity contribution in [1.29, 1.82) is 0 Å². The first kappa shape index (κ1) is 12.4. The van der Waals surface area contributed by atoms with E-state index in [-0.39, 0.29) is 12.5 Å². The fourth-order valence-corrected chi connectivity index (χ4v) is 1.27. The Labute approximate surface area is 94.5 Å². The average Bonchev–Trinajstić information content (AvgIpc) is 2.30. The van der Waals surface area contributed by atoms with Crippen LogP contribution in [0, 0.1) is 6.92 Å². The summed E-state index contributed by atoms with van der Waals surface area (Å²) in [5, 5.41) is 11.6. The quantitative estimate of drug-likeness (QED) is 0.776. The molecule has 16 heavy (non-hydrogen) atoms. The van der Waals surface area contributed by atoms with Crippen molar-refractivity contribution >= 4 is 5.91 Å². The highest BCUT2D eigenvalue weighted by Crippen LogP contribution is 2.18. The van der Waals surface area contributed by atoms with Crippen LogP contribution < -0.4 is 10.1 Å². The molecular formula is C11H16N2O3. The van der Waals surface area contributed by atoms with Crippen molar-refractivity contribution < 1.29 is 14.6 Å². The van der Waals surface area contributed by atoms with E-state index in [2.05, 4.69) is 10.3 Å². The molecule has 0 saturated heterocycles. The smallest absolute Gasteiger partial charge is 0.260 e. The number of amides is 1. The van der Waals surface area contributed by atoms with E-state index in [4.69, 9.17) is 9.84 Å². The van der Waals surface area contributed by atoms with Gasteiger partial charge in [0.2, 0.25) is 0 Å². The second kappa shape index (κ2) is 5.46. The molecular weight excluding hydrogens is 208 g/mol. The highest BCUT2D eigenvalue weighted by atomic mass is 16.5. The summed E-state index contributed by atoms with van der Waals surface area (Å²) in [5.41, 5.74) is 1.24. The first-order valence-electron chi connectivity index (χ1n) is 5.04. The van der Waals surface area contributed by atoms with E-state index >= 15 is 0 Å². The molecule has 0 saturated carbocycles. The predicted molar refractivity (Wildman–Crippen MR) is 59.1 cm³/mol. The van der Waals surface area contributed by atoms with Crippen molar-refractivity contribution in [3.63, 3.8) is 0 Å². The summed E-state index contributed by atoms with van der Waals surface area (Å²) in [6, 6.07) is 3.47. The number of hydrogen-bond acceptors (Lipinski definition) is 4. The van der Waals surface area contributed by atoms with E-state index in [1.807, 2.05) is 6.92 Å². The topological polar surface area (TPSA) is 71.5 Å². The Morgan fingerprint density at radius 2 is 2.31 bits per heavy atom. The Bertz CT molecular complexity index is 379. The summed E-state index contributed by atoms with van der Waals surface area (Å²) in [7, 11) is 1.54. The average molecular weight is 224 g/mol. The Morgan fingerprint density at radius 1 is 1.62 bits per heavy atom. The van der Waals surface area contributed by atoms with Crippen molar-refractivity contribution in [2.24, 2.45) is 0 Å². The van der Waals surface area contributed by atoms with E-state index < -0.39 is 6.10 Å². The van der Waals surface area contributed by atoms with E-state index in [0.717, 1.165) is 5.69 Å². The Balaban J connectivity index is 2.84. The van der Waals surface area contributed by atoms with E-state index in [9.17, 15) is 4.79 Å². The molecule has 0 fully saturated rings. The number of hydrogen-bond donors (Lipinski definition) is 2. The number of rotatable bonds is 4. The Kier molecular flexibility index (Phi) is 4.25. The number of aliphatic hydroxyl groups excluding tert-OH is 1. The summed E-state index contributed by atoms with van der Waals surface area (Å²) >= 11 is 0. The van der Waals surface area contributed by atoms with Crippen molar-refractivity contribution in [3.05, 3.63) is 23.5 Å². The maximum atomic E-state index is 11.3. The third-order valence-corrected chi connectivity index (χ3v) is 2.14. The molecule has 1 rings (SSSR count). The molecule has 0 radical (unpaired) electrons. The number of nitrogens with zero attached hydrogens (tertiary/aromatic N) is 1. The van der Waals surface area contributed by atoms with Crippen LogP contribution in [-0.2, 0) is 11.4 Å². The number of aliphatic hydroxyl groups is 1. The minimum atomic E-state index is -0.611. The van der Waals surface area contributed by atoms with Crippen LogP contribution in [0.5, 0.6) is 5.75 Å². The van der Waals surface area contributed by atoms with Gasteiger partial charge in [-0.05, 0) is 26.0 Å². The SMILES string of the molecule is CNC(=O)C(C)Oc1ccc(C)nc1CO. The zero-order valence-electron chi connectivity index (χ0n) is 9.65. The standard InChI is InChI=1S/C11H16N2O3/c1-7-4-5-10(9(6-14)13-7)16-8(2)11(15)12-3/h4-5,8,14H,6H2,1-3H3,(H,12,15). The minimum absolute atomic E-state index is 0.211. The molecule has 1 heterocycles. The highest BCUT2D eigenvalue weighted by molar-refractivity contribution is 5.80. The van der Waals surface area contributed by atoms with Crippen LogP contribution in [0.25, 0.3) is 0 Å². The van der Waals surface area contributed by atoms with Gasteiger partial charge in [-0.3, -0.25) is 9.78 Å². The molecule has 1 unspecified atom stereocenters. The van der Waals surface area contributed by atoms with Gasteiger partial charge in [-0.1, -0.05) is 0 Å². The molecule has 1 aromatic heterocycles. The lowest BCUT2D eigenvalue weighted by Crippen LogP contribution is -2.34. The molecule has 5 heteroatoms. The first-order valence-corrected chi connectivity index (χ1v) is 5.04. The van der Waals surface area contributed by atoms with Gasteiger partial charge in [0, 0.05) is 12.7 Å². The van der Waals surface area contributed by atoms with Crippen LogP contribution in [0.15, 0.2) is 12.1 Å². The van der Waals surface area contributed by atoms with E-state index in [0.29, 0.717) is 11.4 Å². The van der Waals surface area contributed by atoms with Crippen molar-refractivity contribution in [2.45, 2.75) is 26.6 Å². The lowest BCUT2D eigenvalue weighted by atomic mass is 10.3. The molecule has 1 atom stereocenters. The monoisotopic (exact) mass is 224 g/mol. The zero-order valence-corrected chi connectivity index (χ0v) is 9.65. The van der Waals surface area contributed by atoms with E-state index in [1.54, 1.807) is 26.1 Å². The van der Waals surface area contributed by atoms with Crippen LogP contribution in [0.4, 0.5) is 0 Å². The van der Waals surface area contributed by atoms with Crippen LogP contribution in [0.3, 0.4) is 0 Å². The van der Waals surface area contributed by atoms with Crippen molar-refractivity contribution in [2.75, 3.05) is 7.05 Å². The molecule has 0 bridgehead atoms. The fraction of sp³-hybridized carbons (Fsp3) is 0.455. The fourth-order valence-electron chi connectivity index (χ4n) is 1.27. The number of aromatic nitrogens is 1. The minimum Gasteiger partial charge on any atom is -0.479 e. The zero-order chi connectivity index (χ0) is 12.1. The molecule has 1 aromatic rings. The summed E-state index contributed by atoms with van der Waals surface area (Å²) < 4.78 is 5.41. The molecule has 0 aliphatic carbocycles. The van der Waals surface area contributed by atoms with Gasteiger partial charge < -0.3 is 15.2 Å². The van der Waals surface area contributed by atoms with Gasteiger partial charge in [0.05, 0.1) is 6.61 Å². The number of likely N-dealkylation sites (N-methyl/N-ethyl adjacent to an activating group) is 1. The van der Waals surface area contributed by atoms with Gasteiger partial charge in [-0.15, -0.1) is 0 Å². The van der Waals surface area contributed by atoms with Crippen molar-refractivity contribution in [3.8, 4) is 5.75 Å². The van der Waals surface area contributed by atoms with Gasteiger partial charge >= 0.3 is 0 Å². The maximum absolute atomic E-state index is 11.3. The molecule has 88 valence electrons. The number of pyridine rings is 1. The molecule has 0 aliphatic rings. The van der Waals surface area contributed by atoms with Gasteiger partial charge in [0.1, 0.15) is 11.4 Å². The first-order chi connectivity index (χ1) is 7.58. The number of ether oxygens (including phenoxy) is 1. The number of carbonyl (C=O) groups excluding carboxylic acids is 1. The maximum Gasteiger partial charge on any atom is 0.260 e. The van der Waals surface area contributed by atoms with Gasteiger partial charge in [0.25, 0.3) is 5.91 Å². The van der Waals surface area contributed by atoms with Crippen LogP contribution in [0.2, 0.25) is 0 Å². The lowest BCUT2D eigenvalue weighted by molar-refractivity contribution is -0.126. The van der Waals surface area contributed by atoms with E-state index in [1.165, 1.54) is 0 Å². The lowest BCUT2D eigenvalue weighted by Gasteiger charge is -2.15. The predicted octanol–water partition coefficient (Wildman–Crippen LogP) is 0.396. The summed E-state index contributed by atoms with van der Waals surface area (Å²) in [4.78, 5) is 15.4.